The molecule has 1 rings (SSSR count). The molecule has 0 aromatic carbocycles. The summed E-state index contributed by atoms with van der Waals surface area (Å²) < 4.78 is 0. The minimum Gasteiger partial charge on any atom is -0.385 e. The lowest BCUT2D eigenvalue weighted by molar-refractivity contribution is 0.404. The van der Waals surface area contributed by atoms with Crippen molar-refractivity contribution < 1.29 is 0 Å². The first kappa shape index (κ1) is 9.63. The normalized spacial score (nSPS) is 24.2. The summed E-state index contributed by atoms with van der Waals surface area (Å²) in [5.41, 5.74) is 1.71. The molecule has 1 heteroatoms. The quantitative estimate of drug-likeness (QED) is 0.633. The van der Waals surface area contributed by atoms with Gasteiger partial charge in [0.2, 0.25) is 0 Å². The van der Waals surface area contributed by atoms with Gasteiger partial charge in [-0.3, -0.25) is 0 Å². The molecule has 70 valence electrons. The van der Waals surface area contributed by atoms with Crippen LogP contribution in [0.4, 0.5) is 0 Å². The van der Waals surface area contributed by atoms with Gasteiger partial charge < -0.3 is 5.32 Å². The molecule has 0 saturated carbocycles. The maximum absolute atomic E-state index is 3.59. The van der Waals surface area contributed by atoms with Gasteiger partial charge in [0, 0.05) is 17.2 Å². The fourth-order valence-corrected chi connectivity index (χ4v) is 1.52. The van der Waals surface area contributed by atoms with Crippen LogP contribution < -0.4 is 5.32 Å². The highest BCUT2D eigenvalue weighted by atomic mass is 15.0. The van der Waals surface area contributed by atoms with Crippen LogP contribution in [0.3, 0.4) is 0 Å². The van der Waals surface area contributed by atoms with Gasteiger partial charge in [-0.2, -0.15) is 0 Å². The molecule has 1 heterocycles. The van der Waals surface area contributed by atoms with Crippen molar-refractivity contribution in [1.82, 2.24) is 5.32 Å². The Morgan fingerprint density at radius 3 is 2.25 bits per heavy atom. The number of hydrogen-bond acceptors (Lipinski definition) is 1. The highest BCUT2D eigenvalue weighted by Crippen LogP contribution is 2.29. The van der Waals surface area contributed by atoms with Crippen LogP contribution in [0.5, 0.6) is 0 Å². The average Bonchev–Trinajstić information content (AvgIpc) is 2.30. The summed E-state index contributed by atoms with van der Waals surface area (Å²) in [5.74, 6) is 0.737. The van der Waals surface area contributed by atoms with Crippen LogP contribution in [0.1, 0.15) is 41.0 Å². The molecule has 0 saturated heterocycles. The zero-order chi connectivity index (χ0) is 9.35. The summed E-state index contributed by atoms with van der Waals surface area (Å²) in [6, 6.07) is 0.666. The fraction of sp³-hybridized carbons (Fsp3) is 0.818. The summed E-state index contributed by atoms with van der Waals surface area (Å²) in [7, 11) is 0. The molecule has 0 aromatic rings. The predicted molar refractivity (Wildman–Crippen MR) is 53.9 cm³/mol. The van der Waals surface area contributed by atoms with E-state index >= 15 is 0 Å². The van der Waals surface area contributed by atoms with Crippen molar-refractivity contribution in [3.05, 3.63) is 11.8 Å². The molecule has 0 fully saturated rings. The van der Waals surface area contributed by atoms with Gasteiger partial charge in [-0.15, -0.1) is 0 Å². The SMILES string of the molecule is CC(C)C1CC=C(C(C)(C)C)N1. The second-order valence-electron chi connectivity index (χ2n) is 5.10. The third-order valence-electron chi connectivity index (χ3n) is 2.53. The third-order valence-corrected chi connectivity index (χ3v) is 2.53. The molecular weight excluding hydrogens is 146 g/mol. The molecule has 0 aliphatic carbocycles. The van der Waals surface area contributed by atoms with Crippen LogP contribution in [-0.2, 0) is 0 Å². The van der Waals surface area contributed by atoms with E-state index in [0.29, 0.717) is 11.5 Å². The second-order valence-corrected chi connectivity index (χ2v) is 5.10. The van der Waals surface area contributed by atoms with Crippen molar-refractivity contribution in [2.45, 2.75) is 47.1 Å². The third kappa shape index (κ3) is 2.02. The first-order valence-electron chi connectivity index (χ1n) is 4.88. The van der Waals surface area contributed by atoms with Gasteiger partial charge in [0.1, 0.15) is 0 Å². The van der Waals surface area contributed by atoms with E-state index < -0.39 is 0 Å². The molecule has 1 atom stereocenters. The Hall–Kier alpha value is -0.460. The number of hydrogen-bond donors (Lipinski definition) is 1. The summed E-state index contributed by atoms with van der Waals surface area (Å²) in [4.78, 5) is 0. The van der Waals surface area contributed by atoms with Gasteiger partial charge in [0.05, 0.1) is 0 Å². The Morgan fingerprint density at radius 1 is 1.42 bits per heavy atom. The van der Waals surface area contributed by atoms with Crippen molar-refractivity contribution in [3.63, 3.8) is 0 Å². The lowest BCUT2D eigenvalue weighted by Crippen LogP contribution is -2.31. The monoisotopic (exact) mass is 167 g/mol. The minimum atomic E-state index is 0.295. The number of nitrogens with one attached hydrogen (secondary N) is 1. The van der Waals surface area contributed by atoms with Gasteiger partial charge in [0.15, 0.2) is 0 Å². The molecule has 1 unspecified atom stereocenters. The van der Waals surface area contributed by atoms with Crippen LogP contribution >= 0.6 is 0 Å². The molecule has 0 radical (unpaired) electrons. The Labute approximate surface area is 76.2 Å². The summed E-state index contributed by atoms with van der Waals surface area (Å²) in [6.45, 7) is 11.3. The first-order chi connectivity index (χ1) is 5.41. The smallest absolute Gasteiger partial charge is 0.0316 e. The van der Waals surface area contributed by atoms with Crippen LogP contribution in [0.15, 0.2) is 11.8 Å². The second kappa shape index (κ2) is 3.12. The van der Waals surface area contributed by atoms with Crippen LogP contribution in [0.25, 0.3) is 0 Å². The van der Waals surface area contributed by atoms with Gasteiger partial charge in [-0.05, 0) is 12.3 Å². The van der Waals surface area contributed by atoms with Crippen molar-refractivity contribution >= 4 is 0 Å². The van der Waals surface area contributed by atoms with E-state index in [9.17, 15) is 0 Å². The Morgan fingerprint density at radius 2 is 2.00 bits per heavy atom. The fourth-order valence-electron chi connectivity index (χ4n) is 1.52. The highest BCUT2D eigenvalue weighted by molar-refractivity contribution is 5.16. The molecule has 0 bridgehead atoms. The minimum absolute atomic E-state index is 0.295. The molecule has 1 nitrogen and oxygen atoms in total. The lowest BCUT2D eigenvalue weighted by Gasteiger charge is -2.25. The largest absolute Gasteiger partial charge is 0.385 e. The Bertz CT molecular complexity index is 184. The summed E-state index contributed by atoms with van der Waals surface area (Å²) >= 11 is 0. The molecule has 1 aliphatic heterocycles. The average molecular weight is 167 g/mol. The predicted octanol–water partition coefficient (Wildman–Crippen LogP) is 2.93. The highest BCUT2D eigenvalue weighted by Gasteiger charge is 2.25. The van der Waals surface area contributed by atoms with E-state index in [0.717, 1.165) is 5.92 Å². The van der Waals surface area contributed by atoms with E-state index in [1.54, 1.807) is 0 Å². The van der Waals surface area contributed by atoms with E-state index in [1.165, 1.54) is 12.1 Å². The summed E-state index contributed by atoms with van der Waals surface area (Å²) in [6.07, 6.45) is 3.55. The molecule has 1 N–H and O–H groups in total. The van der Waals surface area contributed by atoms with Crippen molar-refractivity contribution in [2.75, 3.05) is 0 Å². The lowest BCUT2D eigenvalue weighted by atomic mass is 9.92. The summed E-state index contributed by atoms with van der Waals surface area (Å²) in [5, 5.41) is 3.59. The zero-order valence-electron chi connectivity index (χ0n) is 8.94. The molecule has 0 spiro atoms. The van der Waals surface area contributed by atoms with Crippen LogP contribution in [0.2, 0.25) is 0 Å². The number of rotatable bonds is 1. The topological polar surface area (TPSA) is 12.0 Å². The molecular formula is C11H21N. The van der Waals surface area contributed by atoms with Crippen molar-refractivity contribution in [2.24, 2.45) is 11.3 Å². The van der Waals surface area contributed by atoms with E-state index in [4.69, 9.17) is 0 Å². The van der Waals surface area contributed by atoms with E-state index in [2.05, 4.69) is 46.0 Å². The van der Waals surface area contributed by atoms with E-state index in [1.807, 2.05) is 0 Å². The maximum Gasteiger partial charge on any atom is 0.0316 e. The van der Waals surface area contributed by atoms with Gasteiger partial charge in [-0.1, -0.05) is 40.7 Å². The van der Waals surface area contributed by atoms with Gasteiger partial charge in [0.25, 0.3) is 0 Å². The van der Waals surface area contributed by atoms with Crippen molar-refractivity contribution in [1.29, 1.82) is 0 Å². The molecule has 12 heavy (non-hydrogen) atoms. The van der Waals surface area contributed by atoms with E-state index in [-0.39, 0.29) is 0 Å². The molecule has 0 aromatic heterocycles. The zero-order valence-corrected chi connectivity index (χ0v) is 8.94. The Balaban J connectivity index is 2.55. The van der Waals surface area contributed by atoms with Crippen LogP contribution in [0, 0.1) is 11.3 Å². The molecule has 1 aliphatic rings. The van der Waals surface area contributed by atoms with Crippen molar-refractivity contribution in [3.8, 4) is 0 Å². The maximum atomic E-state index is 3.59. The van der Waals surface area contributed by atoms with Gasteiger partial charge >= 0.3 is 0 Å². The first-order valence-corrected chi connectivity index (χ1v) is 4.88. The van der Waals surface area contributed by atoms with Crippen LogP contribution in [-0.4, -0.2) is 6.04 Å². The standard InChI is InChI=1S/C11H21N/c1-8(2)9-6-7-10(12-9)11(3,4)5/h7-9,12H,6H2,1-5H3. The number of allylic oxidation sites excluding steroid dienone is 1. The molecule has 0 amide bonds. The Kier molecular flexibility index (Phi) is 2.50. The van der Waals surface area contributed by atoms with Gasteiger partial charge in [-0.25, -0.2) is 0 Å².